The van der Waals surface area contributed by atoms with Crippen LogP contribution in [0.15, 0.2) is 20.1 Å². The summed E-state index contributed by atoms with van der Waals surface area (Å²) in [5, 5.41) is 0. The van der Waals surface area contributed by atoms with Crippen LogP contribution in [-0.2, 0) is 10.0 Å². The Kier molecular flexibility index (Phi) is 6.84. The van der Waals surface area contributed by atoms with Crippen molar-refractivity contribution in [3.63, 3.8) is 0 Å². The lowest BCUT2D eigenvalue weighted by Crippen LogP contribution is -2.28. The van der Waals surface area contributed by atoms with E-state index in [0.717, 1.165) is 29.5 Å². The fraction of sp³-hybridized carbons (Fsp3) is 0.667. The molecule has 6 heteroatoms. The molecule has 1 heterocycles. The molecule has 0 amide bonds. The lowest BCUT2D eigenvalue weighted by molar-refractivity contribution is 0.444. The number of thiophene rings is 1. The van der Waals surface area contributed by atoms with Crippen LogP contribution in [0.3, 0.4) is 0 Å². The zero-order valence-electron chi connectivity index (χ0n) is 10.8. The molecule has 0 aliphatic heterocycles. The molecule has 0 radical (unpaired) electrons. The van der Waals surface area contributed by atoms with Crippen molar-refractivity contribution in [2.75, 3.05) is 6.54 Å². The molecule has 0 bridgehead atoms. The van der Waals surface area contributed by atoms with E-state index < -0.39 is 10.0 Å². The Morgan fingerprint density at radius 3 is 2.61 bits per heavy atom. The van der Waals surface area contributed by atoms with E-state index in [9.17, 15) is 8.42 Å². The third-order valence-electron chi connectivity index (χ3n) is 2.92. The second-order valence-corrected chi connectivity index (χ2v) is 8.78. The Bertz CT molecular complexity index is 456. The molecule has 1 unspecified atom stereocenters. The summed E-state index contributed by atoms with van der Waals surface area (Å²) in [4.78, 5) is 0. The van der Waals surface area contributed by atoms with Gasteiger partial charge in [0.1, 0.15) is 4.21 Å². The standard InChI is InChI=1S/C12H20BrNO2S2/c1-3-5-6-10(4-2)9-14-18(15,16)12-8-7-11(13)17-12/h7-8,10,14H,3-6,9H2,1-2H3. The van der Waals surface area contributed by atoms with Gasteiger partial charge in [-0.25, -0.2) is 13.1 Å². The minimum Gasteiger partial charge on any atom is -0.210 e. The SMILES string of the molecule is CCCCC(CC)CNS(=O)(=O)c1ccc(Br)s1. The maximum Gasteiger partial charge on any atom is 0.250 e. The molecule has 1 aromatic heterocycles. The van der Waals surface area contributed by atoms with Gasteiger partial charge in [0.2, 0.25) is 10.0 Å². The molecule has 1 atom stereocenters. The van der Waals surface area contributed by atoms with Crippen LogP contribution in [0, 0.1) is 5.92 Å². The smallest absolute Gasteiger partial charge is 0.210 e. The van der Waals surface area contributed by atoms with E-state index in [2.05, 4.69) is 34.5 Å². The van der Waals surface area contributed by atoms with Crippen molar-refractivity contribution >= 4 is 37.3 Å². The third-order valence-corrected chi connectivity index (χ3v) is 6.46. The van der Waals surface area contributed by atoms with Crippen molar-refractivity contribution in [2.45, 2.75) is 43.7 Å². The van der Waals surface area contributed by atoms with Crippen molar-refractivity contribution in [1.82, 2.24) is 4.72 Å². The number of sulfonamides is 1. The van der Waals surface area contributed by atoms with Crippen LogP contribution in [0.4, 0.5) is 0 Å². The highest BCUT2D eigenvalue weighted by Crippen LogP contribution is 2.26. The summed E-state index contributed by atoms with van der Waals surface area (Å²) in [6.07, 6.45) is 4.41. The summed E-state index contributed by atoms with van der Waals surface area (Å²) in [6.45, 7) is 4.80. The highest BCUT2D eigenvalue weighted by molar-refractivity contribution is 9.11. The first-order valence-electron chi connectivity index (χ1n) is 6.24. The van der Waals surface area contributed by atoms with E-state index in [1.54, 1.807) is 12.1 Å². The lowest BCUT2D eigenvalue weighted by Gasteiger charge is -2.14. The minimum atomic E-state index is -3.33. The Hall–Kier alpha value is 0.0900. The van der Waals surface area contributed by atoms with Crippen LogP contribution < -0.4 is 4.72 Å². The van der Waals surface area contributed by atoms with Crippen molar-refractivity contribution < 1.29 is 8.42 Å². The van der Waals surface area contributed by atoms with E-state index in [1.807, 2.05) is 0 Å². The van der Waals surface area contributed by atoms with Gasteiger partial charge in [-0.3, -0.25) is 0 Å². The van der Waals surface area contributed by atoms with Crippen molar-refractivity contribution in [3.8, 4) is 0 Å². The number of hydrogen-bond acceptors (Lipinski definition) is 3. The van der Waals surface area contributed by atoms with Crippen LogP contribution in [0.2, 0.25) is 0 Å². The fourth-order valence-electron chi connectivity index (χ4n) is 1.68. The molecule has 0 saturated heterocycles. The summed E-state index contributed by atoms with van der Waals surface area (Å²) >= 11 is 4.52. The number of rotatable bonds is 8. The van der Waals surface area contributed by atoms with Gasteiger partial charge in [0.15, 0.2) is 0 Å². The molecule has 0 aliphatic carbocycles. The minimum absolute atomic E-state index is 0.375. The van der Waals surface area contributed by atoms with E-state index in [0.29, 0.717) is 16.7 Å². The maximum absolute atomic E-state index is 12.0. The summed E-state index contributed by atoms with van der Waals surface area (Å²) in [7, 11) is -3.33. The largest absolute Gasteiger partial charge is 0.250 e. The maximum atomic E-state index is 12.0. The Balaban J connectivity index is 2.55. The molecular formula is C12H20BrNO2S2. The summed E-state index contributed by atoms with van der Waals surface area (Å²) in [5.74, 6) is 0.433. The molecule has 0 aromatic carbocycles. The van der Waals surface area contributed by atoms with Crippen molar-refractivity contribution in [2.24, 2.45) is 5.92 Å². The summed E-state index contributed by atoms with van der Waals surface area (Å²) in [5.41, 5.74) is 0. The van der Waals surface area contributed by atoms with Crippen LogP contribution in [0.1, 0.15) is 39.5 Å². The van der Waals surface area contributed by atoms with Gasteiger partial charge in [0.25, 0.3) is 0 Å². The number of hydrogen-bond donors (Lipinski definition) is 1. The quantitative estimate of drug-likeness (QED) is 0.767. The molecule has 18 heavy (non-hydrogen) atoms. The molecular weight excluding hydrogens is 334 g/mol. The van der Waals surface area contributed by atoms with Gasteiger partial charge in [-0.05, 0) is 40.4 Å². The van der Waals surface area contributed by atoms with Crippen LogP contribution in [0.25, 0.3) is 0 Å². The number of unbranched alkanes of at least 4 members (excludes halogenated alkanes) is 1. The van der Waals surface area contributed by atoms with Gasteiger partial charge in [-0.1, -0.05) is 33.1 Å². The molecule has 0 saturated carbocycles. The summed E-state index contributed by atoms with van der Waals surface area (Å²) in [6, 6.07) is 3.39. The molecule has 0 spiro atoms. The highest BCUT2D eigenvalue weighted by atomic mass is 79.9. The van der Waals surface area contributed by atoms with E-state index in [1.165, 1.54) is 11.3 Å². The molecule has 3 nitrogen and oxygen atoms in total. The predicted molar refractivity (Wildman–Crippen MR) is 80.5 cm³/mol. The van der Waals surface area contributed by atoms with E-state index in [4.69, 9.17) is 0 Å². The van der Waals surface area contributed by atoms with Gasteiger partial charge < -0.3 is 0 Å². The molecule has 1 N–H and O–H groups in total. The van der Waals surface area contributed by atoms with Gasteiger partial charge in [-0.15, -0.1) is 11.3 Å². The van der Waals surface area contributed by atoms with Gasteiger partial charge in [0.05, 0.1) is 3.79 Å². The third kappa shape index (κ3) is 4.99. The Morgan fingerprint density at radius 2 is 2.11 bits per heavy atom. The summed E-state index contributed by atoms with van der Waals surface area (Å²) < 4.78 is 28.0. The monoisotopic (exact) mass is 353 g/mol. The predicted octanol–water partition coefficient (Wildman–Crippen LogP) is 4.01. The average Bonchev–Trinajstić information content (AvgIpc) is 2.77. The average molecular weight is 354 g/mol. The molecule has 0 aliphatic rings. The first-order valence-corrected chi connectivity index (χ1v) is 9.33. The van der Waals surface area contributed by atoms with E-state index >= 15 is 0 Å². The van der Waals surface area contributed by atoms with Gasteiger partial charge >= 0.3 is 0 Å². The Morgan fingerprint density at radius 1 is 1.39 bits per heavy atom. The fourth-order valence-corrected chi connectivity index (χ4v) is 4.85. The second-order valence-electron chi connectivity index (χ2n) is 4.33. The van der Waals surface area contributed by atoms with Crippen LogP contribution in [0.5, 0.6) is 0 Å². The highest BCUT2D eigenvalue weighted by Gasteiger charge is 2.17. The van der Waals surface area contributed by atoms with Crippen molar-refractivity contribution in [3.05, 3.63) is 15.9 Å². The molecule has 0 fully saturated rings. The first kappa shape index (κ1) is 16.1. The first-order chi connectivity index (χ1) is 8.49. The molecule has 104 valence electrons. The van der Waals surface area contributed by atoms with Gasteiger partial charge in [0, 0.05) is 6.54 Å². The Labute approximate surface area is 122 Å². The topological polar surface area (TPSA) is 46.2 Å². The zero-order chi connectivity index (χ0) is 13.6. The van der Waals surface area contributed by atoms with Crippen LogP contribution >= 0.6 is 27.3 Å². The zero-order valence-corrected chi connectivity index (χ0v) is 14.0. The lowest BCUT2D eigenvalue weighted by atomic mass is 10.00. The normalized spacial score (nSPS) is 13.7. The number of nitrogens with one attached hydrogen (secondary N) is 1. The molecule has 1 rings (SSSR count). The van der Waals surface area contributed by atoms with Gasteiger partial charge in [-0.2, -0.15) is 0 Å². The van der Waals surface area contributed by atoms with E-state index in [-0.39, 0.29) is 0 Å². The van der Waals surface area contributed by atoms with Crippen LogP contribution in [-0.4, -0.2) is 15.0 Å². The second kappa shape index (κ2) is 7.62. The van der Waals surface area contributed by atoms with Crippen molar-refractivity contribution in [1.29, 1.82) is 0 Å². The molecule has 1 aromatic rings. The number of halogens is 1.